The fraction of sp³-hybridized carbons (Fsp3) is 0.480. The normalized spacial score (nSPS) is 28.1. The van der Waals surface area contributed by atoms with Crippen molar-refractivity contribution in [3.63, 3.8) is 0 Å². The molecule has 1 unspecified atom stereocenters. The van der Waals surface area contributed by atoms with E-state index in [1.807, 2.05) is 32.0 Å². The Labute approximate surface area is 202 Å². The first kappa shape index (κ1) is 24.7. The summed E-state index contributed by atoms with van der Waals surface area (Å²) in [7, 11) is 6.82. The number of nitrogens with zero attached hydrogens (tertiary/aromatic N) is 2. The zero-order valence-electron chi connectivity index (χ0n) is 20.4. The Bertz CT molecular complexity index is 1230. The number of hydrogen-bond donors (Lipinski definition) is 5. The smallest absolute Gasteiger partial charge is 0.255 e. The van der Waals surface area contributed by atoms with Crippen molar-refractivity contribution in [2.24, 2.45) is 17.6 Å². The van der Waals surface area contributed by atoms with Gasteiger partial charge in [0.15, 0.2) is 11.4 Å². The van der Waals surface area contributed by atoms with Crippen LogP contribution in [0.4, 0.5) is 5.69 Å². The van der Waals surface area contributed by atoms with Crippen LogP contribution in [0.15, 0.2) is 23.0 Å². The number of primary amides is 1. The van der Waals surface area contributed by atoms with Crippen LogP contribution in [0.1, 0.15) is 30.0 Å². The van der Waals surface area contributed by atoms with Gasteiger partial charge in [-0.15, -0.1) is 0 Å². The molecule has 0 heterocycles. The van der Waals surface area contributed by atoms with E-state index in [0.717, 1.165) is 5.69 Å². The number of likely N-dealkylation sites (N-methyl/N-ethyl adjacent to an activating group) is 1. The topological polar surface area (TPSA) is 165 Å². The van der Waals surface area contributed by atoms with E-state index in [-0.39, 0.29) is 29.7 Å². The third-order valence-corrected chi connectivity index (χ3v) is 7.64. The highest BCUT2D eigenvalue weighted by Crippen LogP contribution is 2.54. The summed E-state index contributed by atoms with van der Waals surface area (Å²) in [6.07, 6.45) is 0.804. The molecule has 4 atom stereocenters. The Morgan fingerprint density at radius 1 is 1.17 bits per heavy atom. The molecule has 3 aliphatic rings. The molecule has 35 heavy (non-hydrogen) atoms. The molecule has 1 amide bonds. The largest absolute Gasteiger partial charge is 0.508 e. The number of Topliss-reactive ketones (excluding diaryl/α,β-unsaturated/α-hetero) is 2. The SMILES string of the molecule is CCc1cc(N(C)C)c2c(c1O)C(O)=C1C(=O)[C@@]3(O)C(O)=C(C(N)=O)C(=O)C(N(C)C)[C@H]3C[C@H]1C2. The third-order valence-electron chi connectivity index (χ3n) is 7.64. The Hall–Kier alpha value is -3.37. The number of anilines is 1. The van der Waals surface area contributed by atoms with Crippen LogP contribution in [-0.2, 0) is 27.2 Å². The summed E-state index contributed by atoms with van der Waals surface area (Å²) in [5, 5.41) is 44.8. The van der Waals surface area contributed by atoms with E-state index in [2.05, 4.69) is 0 Å². The lowest BCUT2D eigenvalue weighted by molar-refractivity contribution is -0.153. The summed E-state index contributed by atoms with van der Waals surface area (Å²) in [5.74, 6) is -6.43. The monoisotopic (exact) mass is 485 g/mol. The predicted octanol–water partition coefficient (Wildman–Crippen LogP) is 0.592. The van der Waals surface area contributed by atoms with E-state index in [0.29, 0.717) is 17.5 Å². The number of benzene rings is 1. The number of aromatic hydroxyl groups is 1. The lowest BCUT2D eigenvalue weighted by Crippen LogP contribution is -2.65. The quantitative estimate of drug-likeness (QED) is 0.384. The first-order chi connectivity index (χ1) is 16.3. The van der Waals surface area contributed by atoms with Crippen LogP contribution < -0.4 is 10.6 Å². The van der Waals surface area contributed by atoms with Gasteiger partial charge < -0.3 is 31.1 Å². The molecular formula is C25H31N3O7. The molecule has 6 N–H and O–H groups in total. The van der Waals surface area contributed by atoms with Gasteiger partial charge in [-0.3, -0.25) is 19.3 Å². The molecule has 0 spiro atoms. The third kappa shape index (κ3) is 3.20. The molecule has 0 aromatic heterocycles. The maximum Gasteiger partial charge on any atom is 0.255 e. The van der Waals surface area contributed by atoms with Crippen molar-refractivity contribution in [1.29, 1.82) is 0 Å². The molecule has 10 heteroatoms. The van der Waals surface area contributed by atoms with Gasteiger partial charge in [-0.2, -0.15) is 0 Å². The van der Waals surface area contributed by atoms with Crippen LogP contribution in [0.5, 0.6) is 5.75 Å². The molecule has 0 bridgehead atoms. The van der Waals surface area contributed by atoms with E-state index in [1.54, 1.807) is 14.1 Å². The van der Waals surface area contributed by atoms with Gasteiger partial charge in [-0.05, 0) is 56.5 Å². The van der Waals surface area contributed by atoms with Crippen LogP contribution >= 0.6 is 0 Å². The number of ketones is 2. The Balaban J connectivity index is 2.01. The Kier molecular flexibility index (Phi) is 5.72. The Morgan fingerprint density at radius 3 is 2.31 bits per heavy atom. The summed E-state index contributed by atoms with van der Waals surface area (Å²) in [6.45, 7) is 1.85. The van der Waals surface area contributed by atoms with E-state index in [9.17, 15) is 34.8 Å². The number of amides is 1. The molecule has 10 nitrogen and oxygen atoms in total. The number of phenolic OH excluding ortho intramolecular Hbond substituents is 1. The fourth-order valence-electron chi connectivity index (χ4n) is 6.01. The lowest BCUT2D eigenvalue weighted by Gasteiger charge is -2.50. The average Bonchev–Trinajstić information content (AvgIpc) is 2.75. The number of aliphatic hydroxyl groups is 3. The zero-order chi connectivity index (χ0) is 26.1. The van der Waals surface area contributed by atoms with Gasteiger partial charge in [0, 0.05) is 31.3 Å². The van der Waals surface area contributed by atoms with E-state index < -0.39 is 58.0 Å². The zero-order valence-corrected chi connectivity index (χ0v) is 20.4. The van der Waals surface area contributed by atoms with E-state index in [1.165, 1.54) is 4.90 Å². The number of rotatable bonds is 4. The van der Waals surface area contributed by atoms with Crippen LogP contribution in [0.2, 0.25) is 0 Å². The number of carbonyl (C=O) groups excluding carboxylic acids is 3. The molecule has 1 aromatic carbocycles. The van der Waals surface area contributed by atoms with Gasteiger partial charge in [0.05, 0.1) is 11.6 Å². The maximum absolute atomic E-state index is 13.8. The minimum Gasteiger partial charge on any atom is -0.508 e. The summed E-state index contributed by atoms with van der Waals surface area (Å²) < 4.78 is 0. The highest BCUT2D eigenvalue weighted by molar-refractivity contribution is 6.24. The maximum atomic E-state index is 13.8. The van der Waals surface area contributed by atoms with Crippen molar-refractivity contribution < 1.29 is 34.8 Å². The second-order valence-electron chi connectivity index (χ2n) is 9.97. The lowest BCUT2D eigenvalue weighted by atomic mass is 9.57. The number of carbonyl (C=O) groups is 3. The second-order valence-corrected chi connectivity index (χ2v) is 9.97. The van der Waals surface area contributed by atoms with Gasteiger partial charge in [-0.25, -0.2) is 0 Å². The first-order valence-electron chi connectivity index (χ1n) is 11.5. The molecular weight excluding hydrogens is 454 g/mol. The molecule has 4 rings (SSSR count). The van der Waals surface area contributed by atoms with E-state index >= 15 is 0 Å². The summed E-state index contributed by atoms with van der Waals surface area (Å²) in [4.78, 5) is 42.3. The first-order valence-corrected chi connectivity index (χ1v) is 11.5. The molecule has 0 aliphatic heterocycles. The van der Waals surface area contributed by atoms with Crippen LogP contribution in [-0.4, -0.2) is 82.6 Å². The molecule has 1 saturated carbocycles. The van der Waals surface area contributed by atoms with E-state index in [4.69, 9.17) is 5.73 Å². The van der Waals surface area contributed by atoms with Crippen molar-refractivity contribution in [3.05, 3.63) is 39.7 Å². The summed E-state index contributed by atoms with van der Waals surface area (Å²) in [6, 6.07) is 0.741. The predicted molar refractivity (Wildman–Crippen MR) is 128 cm³/mol. The number of phenols is 1. The average molecular weight is 486 g/mol. The summed E-state index contributed by atoms with van der Waals surface area (Å²) in [5.41, 5.74) is 3.85. The van der Waals surface area contributed by atoms with Gasteiger partial charge in [0.2, 0.25) is 5.78 Å². The van der Waals surface area contributed by atoms with Gasteiger partial charge in [0.25, 0.3) is 5.91 Å². The highest BCUT2D eigenvalue weighted by Gasteiger charge is 2.64. The fourth-order valence-corrected chi connectivity index (χ4v) is 6.01. The molecule has 0 saturated heterocycles. The Morgan fingerprint density at radius 2 is 1.80 bits per heavy atom. The molecule has 0 radical (unpaired) electrons. The molecule has 3 aliphatic carbocycles. The number of fused-ring (bicyclic) bond motifs is 3. The number of aryl methyl sites for hydroxylation is 1. The van der Waals surface area contributed by atoms with Crippen LogP contribution in [0.25, 0.3) is 5.76 Å². The van der Waals surface area contributed by atoms with Gasteiger partial charge in [0.1, 0.15) is 22.8 Å². The minimum absolute atomic E-state index is 0.0644. The standard InChI is InChI=1S/C25H31N3O7/c1-6-10-9-14(27(2)3)12-7-11-8-13-18(28(4)5)21(31)17(24(26)34)23(33)25(13,35)22(32)15(11)20(30)16(12)19(10)29/h9,11,13,18,29-30,33,35H,6-8H2,1-5H3,(H2,26,34)/t11-,13-,18?,25-/m1/s1. The molecule has 1 aromatic rings. The molecule has 188 valence electrons. The summed E-state index contributed by atoms with van der Waals surface area (Å²) >= 11 is 0. The second kappa shape index (κ2) is 8.10. The number of hydrogen-bond acceptors (Lipinski definition) is 9. The van der Waals surface area contributed by atoms with Crippen LogP contribution in [0, 0.1) is 11.8 Å². The van der Waals surface area contributed by atoms with Crippen molar-refractivity contribution in [1.82, 2.24) is 4.90 Å². The number of nitrogens with two attached hydrogens (primary N) is 1. The van der Waals surface area contributed by atoms with Gasteiger partial charge in [-0.1, -0.05) is 6.92 Å². The molecule has 1 fully saturated rings. The van der Waals surface area contributed by atoms with Crippen molar-refractivity contribution in [3.8, 4) is 5.75 Å². The van der Waals surface area contributed by atoms with Crippen molar-refractivity contribution in [2.75, 3.05) is 33.1 Å². The minimum atomic E-state index is -2.63. The van der Waals surface area contributed by atoms with Crippen molar-refractivity contribution in [2.45, 2.75) is 37.8 Å². The van der Waals surface area contributed by atoms with Crippen LogP contribution in [0.3, 0.4) is 0 Å². The van der Waals surface area contributed by atoms with Gasteiger partial charge >= 0.3 is 0 Å². The van der Waals surface area contributed by atoms with Crippen molar-refractivity contribution >= 4 is 28.9 Å². The highest BCUT2D eigenvalue weighted by atomic mass is 16.3. The number of aliphatic hydroxyl groups excluding tert-OH is 2.